The molecular formula is C15H17OS+. The maximum Gasteiger partial charge on any atom is 0.158 e. The van der Waals surface area contributed by atoms with Gasteiger partial charge < -0.3 is 5.11 Å². The molecule has 2 rings (SSSR count). The van der Waals surface area contributed by atoms with Gasteiger partial charge in [-0.05, 0) is 25.1 Å². The van der Waals surface area contributed by atoms with Crippen LogP contribution in [0.25, 0.3) is 0 Å². The molecule has 0 heterocycles. The van der Waals surface area contributed by atoms with Gasteiger partial charge in [0.2, 0.25) is 0 Å². The second-order valence-corrected chi connectivity index (χ2v) is 6.22. The standard InChI is InChI=1S/C15H16OS/c1-12-10-14(16)8-9-15(12)17(2)11-13-6-4-3-5-7-13/h3-10H,11H2,1-2H3/p+1. The molecule has 0 fully saturated rings. The molecule has 1 unspecified atom stereocenters. The molecule has 0 saturated heterocycles. The van der Waals surface area contributed by atoms with Crippen molar-refractivity contribution in [2.24, 2.45) is 0 Å². The molecule has 0 aliphatic rings. The van der Waals surface area contributed by atoms with Gasteiger partial charge in [-0.1, -0.05) is 30.3 Å². The molecule has 0 aromatic heterocycles. The van der Waals surface area contributed by atoms with Gasteiger partial charge in [0, 0.05) is 22.0 Å². The van der Waals surface area contributed by atoms with Crippen molar-refractivity contribution < 1.29 is 5.11 Å². The monoisotopic (exact) mass is 245 g/mol. The second kappa shape index (κ2) is 5.28. The molecule has 0 amide bonds. The normalized spacial score (nSPS) is 12.4. The van der Waals surface area contributed by atoms with Crippen molar-refractivity contribution in [3.8, 4) is 5.75 Å². The van der Waals surface area contributed by atoms with E-state index in [1.807, 2.05) is 18.2 Å². The molecule has 1 atom stereocenters. The van der Waals surface area contributed by atoms with Gasteiger partial charge in [0.15, 0.2) is 4.90 Å². The summed E-state index contributed by atoms with van der Waals surface area (Å²) < 4.78 is 0. The molecule has 0 radical (unpaired) electrons. The molecule has 1 nitrogen and oxygen atoms in total. The Balaban J connectivity index is 2.17. The molecule has 0 bridgehead atoms. The first-order chi connectivity index (χ1) is 8.16. The summed E-state index contributed by atoms with van der Waals surface area (Å²) in [5, 5.41) is 9.41. The molecule has 2 aromatic rings. The molecule has 2 heteroatoms. The number of phenolic OH excluding ortho intramolecular Hbond substituents is 1. The lowest BCUT2D eigenvalue weighted by molar-refractivity contribution is 0.474. The summed E-state index contributed by atoms with van der Waals surface area (Å²) in [5.74, 6) is 1.41. The quantitative estimate of drug-likeness (QED) is 0.820. The highest BCUT2D eigenvalue weighted by atomic mass is 32.2. The van der Waals surface area contributed by atoms with E-state index in [9.17, 15) is 5.11 Å². The van der Waals surface area contributed by atoms with Gasteiger partial charge in [0.1, 0.15) is 17.8 Å². The predicted octanol–water partition coefficient (Wildman–Crippen LogP) is 3.51. The highest BCUT2D eigenvalue weighted by molar-refractivity contribution is 7.95. The van der Waals surface area contributed by atoms with Crippen LogP contribution < -0.4 is 0 Å². The van der Waals surface area contributed by atoms with E-state index in [-0.39, 0.29) is 10.9 Å². The second-order valence-electron chi connectivity index (χ2n) is 4.22. The first kappa shape index (κ1) is 12.1. The van der Waals surface area contributed by atoms with Crippen LogP contribution >= 0.6 is 0 Å². The first-order valence-corrected chi connectivity index (χ1v) is 7.43. The van der Waals surface area contributed by atoms with Crippen LogP contribution in [0, 0.1) is 6.92 Å². The van der Waals surface area contributed by atoms with Gasteiger partial charge in [-0.2, -0.15) is 0 Å². The molecule has 2 aromatic carbocycles. The number of hydrogen-bond donors (Lipinski definition) is 1. The van der Waals surface area contributed by atoms with Crippen molar-refractivity contribution >= 4 is 10.9 Å². The van der Waals surface area contributed by atoms with Crippen molar-refractivity contribution in [3.05, 3.63) is 59.7 Å². The van der Waals surface area contributed by atoms with E-state index in [0.29, 0.717) is 5.75 Å². The smallest absolute Gasteiger partial charge is 0.158 e. The van der Waals surface area contributed by atoms with Crippen LogP contribution in [0.3, 0.4) is 0 Å². The fraction of sp³-hybridized carbons (Fsp3) is 0.200. The minimum absolute atomic E-state index is 0.185. The molecule has 0 aliphatic heterocycles. The van der Waals surface area contributed by atoms with Crippen LogP contribution in [0.2, 0.25) is 0 Å². The zero-order valence-corrected chi connectivity index (χ0v) is 11.0. The highest BCUT2D eigenvalue weighted by Crippen LogP contribution is 2.23. The predicted molar refractivity (Wildman–Crippen MR) is 74.5 cm³/mol. The summed E-state index contributed by atoms with van der Waals surface area (Å²) >= 11 is 0. The summed E-state index contributed by atoms with van der Waals surface area (Å²) in [6, 6.07) is 16.2. The Morgan fingerprint density at radius 3 is 2.41 bits per heavy atom. The van der Waals surface area contributed by atoms with E-state index in [4.69, 9.17) is 0 Å². The van der Waals surface area contributed by atoms with Crippen molar-refractivity contribution in [3.63, 3.8) is 0 Å². The number of hydrogen-bond acceptors (Lipinski definition) is 1. The van der Waals surface area contributed by atoms with Crippen LogP contribution in [0.1, 0.15) is 11.1 Å². The molecule has 0 saturated carbocycles. The van der Waals surface area contributed by atoms with E-state index in [0.717, 1.165) is 5.75 Å². The van der Waals surface area contributed by atoms with Crippen molar-refractivity contribution in [2.75, 3.05) is 6.26 Å². The Labute approximate surface area is 105 Å². The Bertz CT molecular complexity index is 494. The number of benzene rings is 2. The van der Waals surface area contributed by atoms with Crippen LogP contribution in [-0.2, 0) is 16.6 Å². The maximum absolute atomic E-state index is 9.41. The van der Waals surface area contributed by atoms with Crippen LogP contribution in [-0.4, -0.2) is 11.4 Å². The van der Waals surface area contributed by atoms with Crippen molar-refractivity contribution in [2.45, 2.75) is 17.6 Å². The lowest BCUT2D eigenvalue weighted by Crippen LogP contribution is -2.05. The SMILES string of the molecule is Cc1cc(O)ccc1[S+](C)Cc1ccccc1. The van der Waals surface area contributed by atoms with Gasteiger partial charge in [0.05, 0.1) is 0 Å². The van der Waals surface area contributed by atoms with Crippen LogP contribution in [0.5, 0.6) is 5.75 Å². The molecule has 1 N–H and O–H groups in total. The van der Waals surface area contributed by atoms with Gasteiger partial charge >= 0.3 is 0 Å². The zero-order chi connectivity index (χ0) is 12.3. The first-order valence-electron chi connectivity index (χ1n) is 5.63. The third kappa shape index (κ3) is 3.04. The Hall–Kier alpha value is -1.41. The van der Waals surface area contributed by atoms with E-state index >= 15 is 0 Å². The number of rotatable bonds is 3. The fourth-order valence-electron chi connectivity index (χ4n) is 1.93. The summed E-state index contributed by atoms with van der Waals surface area (Å²) in [6.45, 7) is 2.06. The van der Waals surface area contributed by atoms with E-state index in [2.05, 4.69) is 37.4 Å². The van der Waals surface area contributed by atoms with Crippen molar-refractivity contribution in [1.82, 2.24) is 0 Å². The lowest BCUT2D eigenvalue weighted by Gasteiger charge is -2.06. The summed E-state index contributed by atoms with van der Waals surface area (Å²) in [7, 11) is 0.185. The molecule has 0 aliphatic carbocycles. The topological polar surface area (TPSA) is 20.2 Å². The minimum Gasteiger partial charge on any atom is -0.508 e. The Morgan fingerprint density at radius 2 is 1.76 bits per heavy atom. The van der Waals surface area contributed by atoms with Crippen LogP contribution in [0.4, 0.5) is 0 Å². The maximum atomic E-state index is 9.41. The third-order valence-electron chi connectivity index (χ3n) is 2.76. The molecule has 88 valence electrons. The fourth-order valence-corrected chi connectivity index (χ4v) is 3.68. The van der Waals surface area contributed by atoms with Crippen molar-refractivity contribution in [1.29, 1.82) is 0 Å². The average Bonchev–Trinajstić information content (AvgIpc) is 2.30. The molecular weight excluding hydrogens is 228 g/mol. The van der Waals surface area contributed by atoms with E-state index in [1.165, 1.54) is 16.0 Å². The third-order valence-corrected chi connectivity index (χ3v) is 4.74. The Morgan fingerprint density at radius 1 is 1.06 bits per heavy atom. The summed E-state index contributed by atoms with van der Waals surface area (Å²) in [5.41, 5.74) is 2.54. The highest BCUT2D eigenvalue weighted by Gasteiger charge is 2.18. The van der Waals surface area contributed by atoms with Gasteiger partial charge in [-0.15, -0.1) is 0 Å². The minimum atomic E-state index is 0.185. The average molecular weight is 245 g/mol. The number of aromatic hydroxyl groups is 1. The van der Waals surface area contributed by atoms with E-state index in [1.54, 1.807) is 6.07 Å². The summed E-state index contributed by atoms with van der Waals surface area (Å²) in [6.07, 6.45) is 2.26. The van der Waals surface area contributed by atoms with Gasteiger partial charge in [-0.3, -0.25) is 0 Å². The molecule has 0 spiro atoms. The Kier molecular flexibility index (Phi) is 3.75. The van der Waals surface area contributed by atoms with Gasteiger partial charge in [-0.25, -0.2) is 0 Å². The largest absolute Gasteiger partial charge is 0.508 e. The van der Waals surface area contributed by atoms with E-state index < -0.39 is 0 Å². The summed E-state index contributed by atoms with van der Waals surface area (Å²) in [4.78, 5) is 1.34. The van der Waals surface area contributed by atoms with Gasteiger partial charge in [0.25, 0.3) is 0 Å². The molecule has 17 heavy (non-hydrogen) atoms. The number of phenols is 1. The zero-order valence-electron chi connectivity index (χ0n) is 10.2. The lowest BCUT2D eigenvalue weighted by atomic mass is 10.2. The van der Waals surface area contributed by atoms with Crippen LogP contribution in [0.15, 0.2) is 53.4 Å². The number of aryl methyl sites for hydroxylation is 1.